The third kappa shape index (κ3) is 2.48. The average Bonchev–Trinajstić information content (AvgIpc) is 2.29. The van der Waals surface area contributed by atoms with Gasteiger partial charge in [0.05, 0.1) is 13.2 Å². The quantitative estimate of drug-likeness (QED) is 0.713. The van der Waals surface area contributed by atoms with Crippen LogP contribution in [0.15, 0.2) is 5.16 Å². The van der Waals surface area contributed by atoms with Gasteiger partial charge >= 0.3 is 0 Å². The maximum Gasteiger partial charge on any atom is 0.231 e. The molecule has 1 aromatic heterocycles. The maximum atomic E-state index is 5.61. The number of nitrogens with two attached hydrogens (primary N) is 1. The van der Waals surface area contributed by atoms with Crippen molar-refractivity contribution in [3.05, 3.63) is 0 Å². The second-order valence-corrected chi connectivity index (χ2v) is 3.85. The molecule has 15 heavy (non-hydrogen) atoms. The van der Waals surface area contributed by atoms with Crippen molar-refractivity contribution in [1.29, 1.82) is 0 Å². The van der Waals surface area contributed by atoms with E-state index in [0.29, 0.717) is 24.3 Å². The van der Waals surface area contributed by atoms with Crippen LogP contribution in [-0.2, 0) is 4.74 Å². The van der Waals surface area contributed by atoms with Crippen molar-refractivity contribution >= 4 is 23.7 Å². The highest BCUT2D eigenvalue weighted by Gasteiger charge is 2.15. The normalized spacial score (nSPS) is 16.7. The van der Waals surface area contributed by atoms with Gasteiger partial charge in [-0.2, -0.15) is 15.0 Å². The summed E-state index contributed by atoms with van der Waals surface area (Å²) >= 11 is 1.46. The van der Waals surface area contributed by atoms with Crippen molar-refractivity contribution in [3.63, 3.8) is 0 Å². The van der Waals surface area contributed by atoms with E-state index in [1.54, 1.807) is 0 Å². The Kier molecular flexibility index (Phi) is 3.22. The molecule has 2 N–H and O–H groups in total. The molecule has 6 nitrogen and oxygen atoms in total. The van der Waals surface area contributed by atoms with Gasteiger partial charge in [0.25, 0.3) is 0 Å². The molecular formula is C8H13N5OS. The van der Waals surface area contributed by atoms with Gasteiger partial charge in [-0.05, 0) is 6.26 Å². The summed E-state index contributed by atoms with van der Waals surface area (Å²) in [5.74, 6) is 0.922. The zero-order valence-electron chi connectivity index (χ0n) is 8.51. The number of thioether (sulfide) groups is 1. The SMILES string of the molecule is CSc1nc(N)nc(N2CCOCC2)n1. The Morgan fingerprint density at radius 2 is 2.00 bits per heavy atom. The van der Waals surface area contributed by atoms with Crippen molar-refractivity contribution in [2.24, 2.45) is 0 Å². The van der Waals surface area contributed by atoms with Crippen LogP contribution < -0.4 is 10.6 Å². The predicted molar refractivity (Wildman–Crippen MR) is 59.1 cm³/mol. The first kappa shape index (κ1) is 10.4. The van der Waals surface area contributed by atoms with Gasteiger partial charge in [0.15, 0.2) is 5.16 Å². The van der Waals surface area contributed by atoms with Crippen molar-refractivity contribution in [2.75, 3.05) is 43.2 Å². The predicted octanol–water partition coefficient (Wildman–Crippen LogP) is 0.0123. The van der Waals surface area contributed by atoms with Crippen LogP contribution in [0.1, 0.15) is 0 Å². The highest BCUT2D eigenvalue weighted by Crippen LogP contribution is 2.15. The van der Waals surface area contributed by atoms with Gasteiger partial charge in [0.2, 0.25) is 11.9 Å². The molecule has 1 aromatic rings. The second-order valence-electron chi connectivity index (χ2n) is 3.08. The Hall–Kier alpha value is -1.08. The van der Waals surface area contributed by atoms with Crippen LogP contribution in [0.25, 0.3) is 0 Å². The molecule has 1 aliphatic heterocycles. The van der Waals surface area contributed by atoms with Crippen molar-refractivity contribution in [3.8, 4) is 0 Å². The summed E-state index contributed by atoms with van der Waals surface area (Å²) in [6, 6.07) is 0. The van der Waals surface area contributed by atoms with Crippen LogP contribution >= 0.6 is 11.8 Å². The van der Waals surface area contributed by atoms with Crippen LogP contribution in [0.3, 0.4) is 0 Å². The summed E-state index contributed by atoms with van der Waals surface area (Å²) in [4.78, 5) is 14.5. The first-order chi connectivity index (χ1) is 7.29. The lowest BCUT2D eigenvalue weighted by Gasteiger charge is -2.26. The fraction of sp³-hybridized carbons (Fsp3) is 0.625. The van der Waals surface area contributed by atoms with Crippen LogP contribution in [0.5, 0.6) is 0 Å². The number of nitrogens with zero attached hydrogens (tertiary/aromatic N) is 4. The molecule has 2 rings (SSSR count). The molecule has 0 aromatic carbocycles. The maximum absolute atomic E-state index is 5.61. The third-order valence-corrected chi connectivity index (χ3v) is 2.64. The van der Waals surface area contributed by atoms with E-state index in [-0.39, 0.29) is 5.95 Å². The lowest BCUT2D eigenvalue weighted by Crippen LogP contribution is -2.37. The van der Waals surface area contributed by atoms with Crippen LogP contribution in [0.2, 0.25) is 0 Å². The Labute approximate surface area is 92.2 Å². The molecule has 2 heterocycles. The van der Waals surface area contributed by atoms with E-state index in [4.69, 9.17) is 10.5 Å². The highest BCUT2D eigenvalue weighted by molar-refractivity contribution is 7.98. The lowest BCUT2D eigenvalue weighted by molar-refractivity contribution is 0.122. The number of hydrogen-bond acceptors (Lipinski definition) is 7. The van der Waals surface area contributed by atoms with Gasteiger partial charge in [-0.15, -0.1) is 0 Å². The van der Waals surface area contributed by atoms with Crippen LogP contribution in [0, 0.1) is 0 Å². The summed E-state index contributed by atoms with van der Waals surface area (Å²) in [5, 5.41) is 0.656. The minimum absolute atomic E-state index is 0.274. The smallest absolute Gasteiger partial charge is 0.231 e. The molecule has 0 aliphatic carbocycles. The minimum Gasteiger partial charge on any atom is -0.378 e. The number of nitrogen functional groups attached to an aromatic ring is 1. The lowest BCUT2D eigenvalue weighted by atomic mass is 10.4. The molecule has 0 bridgehead atoms. The van der Waals surface area contributed by atoms with Crippen molar-refractivity contribution in [2.45, 2.75) is 5.16 Å². The van der Waals surface area contributed by atoms with E-state index in [1.165, 1.54) is 11.8 Å². The number of ether oxygens (including phenoxy) is 1. The van der Waals surface area contributed by atoms with E-state index >= 15 is 0 Å². The summed E-state index contributed by atoms with van der Waals surface area (Å²) in [5.41, 5.74) is 5.61. The van der Waals surface area contributed by atoms with E-state index < -0.39 is 0 Å². The third-order valence-electron chi connectivity index (χ3n) is 2.10. The summed E-state index contributed by atoms with van der Waals surface area (Å²) in [6.07, 6.45) is 1.91. The Bertz CT molecular complexity index is 342. The Balaban J connectivity index is 2.22. The molecular weight excluding hydrogens is 214 g/mol. The number of aromatic nitrogens is 3. The van der Waals surface area contributed by atoms with Crippen LogP contribution in [0.4, 0.5) is 11.9 Å². The molecule has 0 atom stereocenters. The highest BCUT2D eigenvalue weighted by atomic mass is 32.2. The molecule has 0 spiro atoms. The minimum atomic E-state index is 0.274. The zero-order chi connectivity index (χ0) is 10.7. The van der Waals surface area contributed by atoms with Gasteiger partial charge in [-0.25, -0.2) is 0 Å². The first-order valence-corrected chi connectivity index (χ1v) is 5.90. The van der Waals surface area contributed by atoms with Gasteiger partial charge in [-0.3, -0.25) is 0 Å². The second kappa shape index (κ2) is 4.63. The molecule has 0 radical (unpaired) electrons. The topological polar surface area (TPSA) is 77.2 Å². The van der Waals surface area contributed by atoms with E-state index in [2.05, 4.69) is 19.9 Å². The number of rotatable bonds is 2. The van der Waals surface area contributed by atoms with E-state index in [9.17, 15) is 0 Å². The van der Waals surface area contributed by atoms with Gasteiger partial charge in [-0.1, -0.05) is 11.8 Å². The molecule has 0 unspecified atom stereocenters. The molecule has 1 saturated heterocycles. The Morgan fingerprint density at radius 3 is 2.67 bits per heavy atom. The zero-order valence-corrected chi connectivity index (χ0v) is 9.33. The van der Waals surface area contributed by atoms with Gasteiger partial charge in [0.1, 0.15) is 0 Å². The largest absolute Gasteiger partial charge is 0.378 e. The molecule has 1 aliphatic rings. The molecule has 82 valence electrons. The van der Waals surface area contributed by atoms with Crippen molar-refractivity contribution < 1.29 is 4.74 Å². The van der Waals surface area contributed by atoms with Crippen LogP contribution in [-0.4, -0.2) is 47.5 Å². The number of morpholine rings is 1. The summed E-state index contributed by atoms with van der Waals surface area (Å²) in [6.45, 7) is 3.02. The molecule has 0 amide bonds. The average molecular weight is 227 g/mol. The summed E-state index contributed by atoms with van der Waals surface area (Å²) in [7, 11) is 0. The fourth-order valence-corrected chi connectivity index (χ4v) is 1.71. The fourth-order valence-electron chi connectivity index (χ4n) is 1.36. The molecule has 7 heteroatoms. The molecule has 0 saturated carbocycles. The standard InChI is InChI=1S/C8H13N5OS/c1-15-8-11-6(9)10-7(12-8)13-2-4-14-5-3-13/h2-5H2,1H3,(H2,9,10,11,12). The van der Waals surface area contributed by atoms with Crippen molar-refractivity contribution in [1.82, 2.24) is 15.0 Å². The number of anilines is 2. The van der Waals surface area contributed by atoms with E-state index in [1.807, 2.05) is 6.26 Å². The van der Waals surface area contributed by atoms with Gasteiger partial charge < -0.3 is 15.4 Å². The number of hydrogen-bond donors (Lipinski definition) is 1. The molecule has 1 fully saturated rings. The summed E-state index contributed by atoms with van der Waals surface area (Å²) < 4.78 is 5.26. The van der Waals surface area contributed by atoms with Gasteiger partial charge in [0, 0.05) is 13.1 Å². The first-order valence-electron chi connectivity index (χ1n) is 4.68. The Morgan fingerprint density at radius 1 is 1.27 bits per heavy atom. The van der Waals surface area contributed by atoms with E-state index in [0.717, 1.165) is 13.1 Å². The monoisotopic (exact) mass is 227 g/mol.